The summed E-state index contributed by atoms with van der Waals surface area (Å²) < 4.78 is 0. The minimum atomic E-state index is 0.911. The van der Waals surface area contributed by atoms with Gasteiger partial charge in [-0.2, -0.15) is 5.10 Å². The molecule has 4 rings (SSSR count). The van der Waals surface area contributed by atoms with E-state index in [-0.39, 0.29) is 0 Å². The van der Waals surface area contributed by atoms with E-state index in [2.05, 4.69) is 20.5 Å². The fourth-order valence-electron chi connectivity index (χ4n) is 3.14. The number of fused-ring (bicyclic) bond motifs is 2. The molecule has 2 atom stereocenters. The summed E-state index contributed by atoms with van der Waals surface area (Å²) in [6, 6.07) is 5.76. The van der Waals surface area contributed by atoms with Crippen LogP contribution in [0.5, 0.6) is 0 Å². The summed E-state index contributed by atoms with van der Waals surface area (Å²) in [5.74, 6) is 0. The zero-order chi connectivity index (χ0) is 13.8. The summed E-state index contributed by atoms with van der Waals surface area (Å²) in [6.07, 6.45) is 12.6. The molecule has 0 radical (unpaired) electrons. The molecule has 2 aromatic rings. The molecule has 0 amide bonds. The molecule has 2 saturated heterocycles. The van der Waals surface area contributed by atoms with Gasteiger partial charge in [0.2, 0.25) is 0 Å². The summed E-state index contributed by atoms with van der Waals surface area (Å²) >= 11 is 0. The minimum absolute atomic E-state index is 0.911. The number of aromatic nitrogens is 3. The maximum atomic E-state index is 3.95. The van der Waals surface area contributed by atoms with Crippen LogP contribution in [0.3, 0.4) is 0 Å². The van der Waals surface area contributed by atoms with E-state index in [1.165, 1.54) is 32.1 Å². The average Bonchev–Trinajstić information content (AvgIpc) is 3.06. The number of hydrogen-bond donors (Lipinski definition) is 2. The van der Waals surface area contributed by atoms with Crippen molar-refractivity contribution in [3.63, 3.8) is 0 Å². The zero-order valence-electron chi connectivity index (χ0n) is 12.0. The monoisotopic (exact) mass is 270 g/mol. The lowest BCUT2D eigenvalue weighted by atomic mass is 10.1. The smallest absolute Gasteiger partial charge is 0.0568 e. The molecular weight excluding hydrogens is 248 g/mol. The number of rotatable bonds is 1. The van der Waals surface area contributed by atoms with Crippen molar-refractivity contribution in [2.45, 2.75) is 51.1 Å². The predicted octanol–water partition coefficient (Wildman–Crippen LogP) is 3.07. The van der Waals surface area contributed by atoms with Gasteiger partial charge in [0.05, 0.1) is 6.20 Å². The number of hydrogen-bond acceptors (Lipinski definition) is 3. The van der Waals surface area contributed by atoms with Crippen LogP contribution in [0.25, 0.3) is 11.1 Å². The fraction of sp³-hybridized carbons (Fsp3) is 0.500. The molecule has 0 spiro atoms. The van der Waals surface area contributed by atoms with Gasteiger partial charge in [0.1, 0.15) is 0 Å². The molecule has 2 aliphatic heterocycles. The zero-order valence-corrected chi connectivity index (χ0v) is 12.0. The average molecular weight is 270 g/mol. The Morgan fingerprint density at radius 1 is 1.05 bits per heavy atom. The molecule has 2 fully saturated rings. The molecule has 2 unspecified atom stereocenters. The highest BCUT2D eigenvalue weighted by atomic mass is 15.1. The van der Waals surface area contributed by atoms with Gasteiger partial charge in [0.25, 0.3) is 0 Å². The summed E-state index contributed by atoms with van der Waals surface area (Å²) in [5, 5.41) is 10.4. The van der Waals surface area contributed by atoms with Crippen LogP contribution < -0.4 is 5.32 Å². The Balaban J connectivity index is 0.000000131. The van der Waals surface area contributed by atoms with E-state index < -0.39 is 0 Å². The lowest BCUT2D eigenvalue weighted by Gasteiger charge is -2.19. The van der Waals surface area contributed by atoms with Gasteiger partial charge in [-0.3, -0.25) is 10.1 Å². The molecule has 2 N–H and O–H groups in total. The van der Waals surface area contributed by atoms with Crippen LogP contribution in [0.15, 0.2) is 30.7 Å². The summed E-state index contributed by atoms with van der Waals surface area (Å²) in [4.78, 5) is 3.95. The first-order chi connectivity index (χ1) is 9.83. The summed E-state index contributed by atoms with van der Waals surface area (Å²) in [5.41, 5.74) is 3.37. The highest BCUT2D eigenvalue weighted by Crippen LogP contribution is 2.25. The van der Waals surface area contributed by atoms with Gasteiger partial charge in [0, 0.05) is 35.7 Å². The maximum Gasteiger partial charge on any atom is 0.0568 e. The van der Waals surface area contributed by atoms with E-state index in [4.69, 9.17) is 0 Å². The van der Waals surface area contributed by atoms with Gasteiger partial charge >= 0.3 is 0 Å². The molecule has 106 valence electrons. The van der Waals surface area contributed by atoms with Crippen molar-refractivity contribution in [1.82, 2.24) is 20.5 Å². The number of piperidine rings is 1. The number of aryl methyl sites for hydroxylation is 1. The fourth-order valence-corrected chi connectivity index (χ4v) is 3.14. The van der Waals surface area contributed by atoms with Gasteiger partial charge < -0.3 is 5.32 Å². The van der Waals surface area contributed by atoms with E-state index in [1.54, 1.807) is 12.4 Å². The standard InChI is InChI=1S/C9H9N3.C7H13N/c1-7-9(6-11-12-7)8-2-4-10-5-3-8;1-2-6-4-5-7(3-1)8-6/h2-6H,1H3,(H,11,12);6-8H,1-5H2. The van der Waals surface area contributed by atoms with Crippen molar-refractivity contribution in [3.8, 4) is 11.1 Å². The molecule has 0 saturated carbocycles. The molecule has 0 aliphatic carbocycles. The molecular formula is C16H22N4. The highest BCUT2D eigenvalue weighted by molar-refractivity contribution is 5.63. The number of aromatic amines is 1. The van der Waals surface area contributed by atoms with Crippen molar-refractivity contribution in [3.05, 3.63) is 36.4 Å². The third kappa shape index (κ3) is 3.07. The number of H-pyrrole nitrogens is 1. The van der Waals surface area contributed by atoms with Gasteiger partial charge in [-0.25, -0.2) is 0 Å². The molecule has 4 heterocycles. The normalized spacial score (nSPS) is 24.1. The van der Waals surface area contributed by atoms with Gasteiger partial charge in [-0.1, -0.05) is 6.42 Å². The summed E-state index contributed by atoms with van der Waals surface area (Å²) in [7, 11) is 0. The number of pyridine rings is 1. The third-order valence-electron chi connectivity index (χ3n) is 4.26. The quantitative estimate of drug-likeness (QED) is 0.837. The second-order valence-corrected chi connectivity index (χ2v) is 5.71. The first-order valence-corrected chi connectivity index (χ1v) is 7.49. The van der Waals surface area contributed by atoms with Crippen LogP contribution in [-0.2, 0) is 0 Å². The molecule has 0 aromatic carbocycles. The number of nitrogens with zero attached hydrogens (tertiary/aromatic N) is 2. The maximum absolute atomic E-state index is 3.95. The van der Waals surface area contributed by atoms with Crippen LogP contribution in [0.1, 0.15) is 37.8 Å². The molecule has 4 nitrogen and oxygen atoms in total. The Kier molecular flexibility index (Phi) is 4.11. The van der Waals surface area contributed by atoms with Gasteiger partial charge in [0.15, 0.2) is 0 Å². The molecule has 2 aliphatic rings. The van der Waals surface area contributed by atoms with Crippen LogP contribution in [0.4, 0.5) is 0 Å². The van der Waals surface area contributed by atoms with E-state index in [9.17, 15) is 0 Å². The van der Waals surface area contributed by atoms with Gasteiger partial charge in [-0.15, -0.1) is 0 Å². The van der Waals surface area contributed by atoms with Crippen molar-refractivity contribution in [2.24, 2.45) is 0 Å². The largest absolute Gasteiger partial charge is 0.311 e. The van der Waals surface area contributed by atoms with Crippen molar-refractivity contribution in [1.29, 1.82) is 0 Å². The van der Waals surface area contributed by atoms with Crippen molar-refractivity contribution < 1.29 is 0 Å². The summed E-state index contributed by atoms with van der Waals surface area (Å²) in [6.45, 7) is 2.00. The number of nitrogens with one attached hydrogen (secondary N) is 2. The molecule has 4 heteroatoms. The molecule has 2 bridgehead atoms. The second kappa shape index (κ2) is 6.18. The van der Waals surface area contributed by atoms with Crippen LogP contribution in [0, 0.1) is 6.92 Å². The first kappa shape index (κ1) is 13.3. The van der Waals surface area contributed by atoms with Gasteiger partial charge in [-0.05, 0) is 50.3 Å². The Labute approximate surface area is 120 Å². The Bertz CT molecular complexity index is 520. The Hall–Kier alpha value is -1.68. The third-order valence-corrected chi connectivity index (χ3v) is 4.26. The highest BCUT2D eigenvalue weighted by Gasteiger charge is 2.26. The Morgan fingerprint density at radius 2 is 1.75 bits per heavy atom. The SMILES string of the molecule is C1CC2CCC(C1)N2.Cc1[nH]ncc1-c1ccncc1. The lowest BCUT2D eigenvalue weighted by Crippen LogP contribution is -2.33. The minimum Gasteiger partial charge on any atom is -0.311 e. The lowest BCUT2D eigenvalue weighted by molar-refractivity contribution is 0.406. The van der Waals surface area contributed by atoms with Crippen LogP contribution in [0.2, 0.25) is 0 Å². The van der Waals surface area contributed by atoms with E-state index >= 15 is 0 Å². The van der Waals surface area contributed by atoms with Crippen LogP contribution >= 0.6 is 0 Å². The van der Waals surface area contributed by atoms with Crippen LogP contribution in [-0.4, -0.2) is 27.3 Å². The Morgan fingerprint density at radius 3 is 2.30 bits per heavy atom. The molecule has 20 heavy (non-hydrogen) atoms. The first-order valence-electron chi connectivity index (χ1n) is 7.49. The van der Waals surface area contributed by atoms with E-state index in [0.717, 1.165) is 28.9 Å². The van der Waals surface area contributed by atoms with Crippen molar-refractivity contribution >= 4 is 0 Å². The van der Waals surface area contributed by atoms with E-state index in [1.807, 2.05) is 25.3 Å². The topological polar surface area (TPSA) is 53.6 Å². The van der Waals surface area contributed by atoms with Crippen molar-refractivity contribution in [2.75, 3.05) is 0 Å². The van der Waals surface area contributed by atoms with E-state index in [0.29, 0.717) is 0 Å². The predicted molar refractivity (Wildman–Crippen MR) is 80.4 cm³/mol. The molecule has 2 aromatic heterocycles. The second-order valence-electron chi connectivity index (χ2n) is 5.71.